The number of hydrogen-bond acceptors (Lipinski definition) is 3. The second kappa shape index (κ2) is 5.08. The minimum atomic E-state index is 0.00350. The zero-order valence-corrected chi connectivity index (χ0v) is 7.64. The zero-order valence-electron chi connectivity index (χ0n) is 7.64. The van der Waals surface area contributed by atoms with Crippen molar-refractivity contribution in [2.75, 3.05) is 6.54 Å². The van der Waals surface area contributed by atoms with Crippen molar-refractivity contribution in [1.29, 1.82) is 0 Å². The lowest BCUT2D eigenvalue weighted by atomic mass is 10.1. The normalized spacial score (nSPS) is 11.4. The summed E-state index contributed by atoms with van der Waals surface area (Å²) < 4.78 is 0. The third-order valence-corrected chi connectivity index (χ3v) is 1.73. The average Bonchev–Trinajstić information content (AvgIpc) is 2.21. The van der Waals surface area contributed by atoms with E-state index in [1.807, 2.05) is 12.1 Å². The zero-order chi connectivity index (χ0) is 10.4. The molecular weight excluding hydrogens is 182 g/mol. The van der Waals surface area contributed by atoms with Gasteiger partial charge in [0.25, 0.3) is 0 Å². The highest BCUT2D eigenvalue weighted by Crippen LogP contribution is 2.09. The van der Waals surface area contributed by atoms with Crippen molar-refractivity contribution < 1.29 is 10.3 Å². The Morgan fingerprint density at radius 2 is 2.00 bits per heavy atom. The maximum atomic E-state index is 9.02. The van der Waals surface area contributed by atoms with Crippen LogP contribution in [0.5, 0.6) is 5.75 Å². The molecule has 0 aliphatic carbocycles. The summed E-state index contributed by atoms with van der Waals surface area (Å²) in [6, 6.07) is 6.86. The number of rotatable bonds is 3. The third-order valence-electron chi connectivity index (χ3n) is 1.73. The molecule has 0 saturated heterocycles. The second-order valence-electron chi connectivity index (χ2n) is 2.80. The molecule has 0 fully saturated rings. The number of hydroxylamine groups is 1. The molecule has 5 nitrogen and oxygen atoms in total. The Morgan fingerprint density at radius 1 is 1.36 bits per heavy atom. The van der Waals surface area contributed by atoms with Crippen molar-refractivity contribution in [1.82, 2.24) is 5.48 Å². The van der Waals surface area contributed by atoms with Gasteiger partial charge in [0, 0.05) is 6.54 Å². The van der Waals surface area contributed by atoms with Gasteiger partial charge in [0.15, 0.2) is 0 Å². The minimum Gasteiger partial charge on any atom is -0.508 e. The number of guanidine groups is 1. The average molecular weight is 195 g/mol. The van der Waals surface area contributed by atoms with Crippen LogP contribution in [0.1, 0.15) is 5.56 Å². The fourth-order valence-electron chi connectivity index (χ4n) is 1.00. The summed E-state index contributed by atoms with van der Waals surface area (Å²) in [5.74, 6) is 0.248. The number of nitrogens with one attached hydrogen (secondary N) is 1. The molecule has 14 heavy (non-hydrogen) atoms. The quantitative estimate of drug-likeness (QED) is 0.315. The number of benzene rings is 1. The number of nitrogens with zero attached hydrogens (tertiary/aromatic N) is 1. The van der Waals surface area contributed by atoms with E-state index in [2.05, 4.69) is 4.99 Å². The summed E-state index contributed by atoms with van der Waals surface area (Å²) >= 11 is 0. The van der Waals surface area contributed by atoms with Crippen molar-refractivity contribution in [2.45, 2.75) is 6.42 Å². The molecule has 0 unspecified atom stereocenters. The first-order valence-corrected chi connectivity index (χ1v) is 4.20. The van der Waals surface area contributed by atoms with E-state index in [-0.39, 0.29) is 11.7 Å². The van der Waals surface area contributed by atoms with Crippen LogP contribution < -0.4 is 11.2 Å². The molecule has 1 rings (SSSR count). The molecular formula is C9H13N3O2. The minimum absolute atomic E-state index is 0.00350. The Bertz CT molecular complexity index is 308. The van der Waals surface area contributed by atoms with Gasteiger partial charge < -0.3 is 10.8 Å². The summed E-state index contributed by atoms with van der Waals surface area (Å²) in [4.78, 5) is 3.83. The largest absolute Gasteiger partial charge is 0.508 e. The molecule has 0 aromatic heterocycles. The molecule has 5 N–H and O–H groups in total. The van der Waals surface area contributed by atoms with E-state index in [1.165, 1.54) is 0 Å². The first kappa shape index (κ1) is 10.3. The van der Waals surface area contributed by atoms with Gasteiger partial charge in [-0.3, -0.25) is 10.2 Å². The molecule has 0 spiro atoms. The van der Waals surface area contributed by atoms with Crippen LogP contribution in [0.3, 0.4) is 0 Å². The predicted octanol–water partition coefficient (Wildman–Crippen LogP) is 0.228. The first-order valence-electron chi connectivity index (χ1n) is 4.20. The van der Waals surface area contributed by atoms with Crippen LogP contribution in [0.15, 0.2) is 29.3 Å². The van der Waals surface area contributed by atoms with Gasteiger partial charge >= 0.3 is 0 Å². The summed E-state index contributed by atoms with van der Waals surface area (Å²) in [7, 11) is 0. The molecule has 5 heteroatoms. The molecule has 0 amide bonds. The fourth-order valence-corrected chi connectivity index (χ4v) is 1.00. The fraction of sp³-hybridized carbons (Fsp3) is 0.222. The summed E-state index contributed by atoms with van der Waals surface area (Å²) in [6.45, 7) is 0.490. The van der Waals surface area contributed by atoms with E-state index in [9.17, 15) is 0 Å². The topological polar surface area (TPSA) is 90.9 Å². The van der Waals surface area contributed by atoms with Gasteiger partial charge in [0.2, 0.25) is 5.96 Å². The summed E-state index contributed by atoms with van der Waals surface area (Å²) in [5, 5.41) is 17.3. The molecule has 76 valence electrons. The molecule has 0 saturated carbocycles. The number of aromatic hydroxyl groups is 1. The van der Waals surface area contributed by atoms with E-state index in [1.54, 1.807) is 17.6 Å². The number of aliphatic imine (C=N–C) groups is 1. The van der Waals surface area contributed by atoms with Crippen LogP contribution >= 0.6 is 0 Å². The van der Waals surface area contributed by atoms with Crippen molar-refractivity contribution in [3.05, 3.63) is 29.8 Å². The van der Waals surface area contributed by atoms with Crippen molar-refractivity contribution >= 4 is 5.96 Å². The monoisotopic (exact) mass is 195 g/mol. The maximum absolute atomic E-state index is 9.02. The van der Waals surface area contributed by atoms with E-state index in [4.69, 9.17) is 16.0 Å². The van der Waals surface area contributed by atoms with Crippen LogP contribution in [-0.2, 0) is 6.42 Å². The second-order valence-corrected chi connectivity index (χ2v) is 2.80. The molecule has 0 bridgehead atoms. The summed E-state index contributed by atoms with van der Waals surface area (Å²) in [5.41, 5.74) is 8.01. The SMILES string of the molecule is NC(=NCCc1ccc(O)cc1)NO. The molecule has 0 heterocycles. The molecule has 0 aliphatic rings. The van der Waals surface area contributed by atoms with Gasteiger partial charge in [-0.2, -0.15) is 0 Å². The Morgan fingerprint density at radius 3 is 2.57 bits per heavy atom. The van der Waals surface area contributed by atoms with Gasteiger partial charge in [-0.05, 0) is 24.1 Å². The number of phenolic OH excluding ortho intramolecular Hbond substituents is 1. The standard InChI is InChI=1S/C9H13N3O2/c10-9(12-14)11-6-5-7-1-3-8(13)4-2-7/h1-4,13-14H,5-6H2,(H3,10,11,12). The van der Waals surface area contributed by atoms with Crippen LogP contribution in [0.4, 0.5) is 0 Å². The van der Waals surface area contributed by atoms with Crippen LogP contribution in [0.2, 0.25) is 0 Å². The predicted molar refractivity (Wildman–Crippen MR) is 53.2 cm³/mol. The van der Waals surface area contributed by atoms with E-state index in [0.717, 1.165) is 5.56 Å². The molecule has 1 aromatic carbocycles. The van der Waals surface area contributed by atoms with Crippen LogP contribution in [-0.4, -0.2) is 22.8 Å². The molecule has 0 radical (unpaired) electrons. The highest BCUT2D eigenvalue weighted by Gasteiger charge is 1.93. The Kier molecular flexibility index (Phi) is 3.75. The smallest absolute Gasteiger partial charge is 0.212 e. The number of nitrogens with two attached hydrogens (primary N) is 1. The Labute approximate surface area is 81.9 Å². The van der Waals surface area contributed by atoms with Crippen molar-refractivity contribution in [3.63, 3.8) is 0 Å². The van der Waals surface area contributed by atoms with Gasteiger partial charge in [0.05, 0.1) is 0 Å². The van der Waals surface area contributed by atoms with Crippen LogP contribution in [0, 0.1) is 0 Å². The lowest BCUT2D eigenvalue weighted by Crippen LogP contribution is -2.28. The number of phenols is 1. The van der Waals surface area contributed by atoms with Gasteiger partial charge in [-0.25, -0.2) is 5.48 Å². The molecule has 0 atom stereocenters. The lowest BCUT2D eigenvalue weighted by molar-refractivity contribution is 0.232. The first-order chi connectivity index (χ1) is 6.72. The van der Waals surface area contributed by atoms with Crippen molar-refractivity contribution in [3.8, 4) is 5.75 Å². The third kappa shape index (κ3) is 3.32. The van der Waals surface area contributed by atoms with Gasteiger partial charge in [0.1, 0.15) is 5.75 Å². The highest BCUT2D eigenvalue weighted by atomic mass is 16.5. The number of hydrogen-bond donors (Lipinski definition) is 4. The van der Waals surface area contributed by atoms with Gasteiger partial charge in [-0.15, -0.1) is 0 Å². The van der Waals surface area contributed by atoms with Gasteiger partial charge in [-0.1, -0.05) is 12.1 Å². The van der Waals surface area contributed by atoms with E-state index in [0.29, 0.717) is 13.0 Å². The van der Waals surface area contributed by atoms with E-state index >= 15 is 0 Å². The Hall–Kier alpha value is -1.75. The highest BCUT2D eigenvalue weighted by molar-refractivity contribution is 5.76. The van der Waals surface area contributed by atoms with E-state index < -0.39 is 0 Å². The molecule has 0 aliphatic heterocycles. The van der Waals surface area contributed by atoms with Crippen LogP contribution in [0.25, 0.3) is 0 Å². The lowest BCUT2D eigenvalue weighted by Gasteiger charge is -1.99. The van der Waals surface area contributed by atoms with Crippen molar-refractivity contribution in [2.24, 2.45) is 10.7 Å². The molecule has 1 aromatic rings. The summed E-state index contributed by atoms with van der Waals surface area (Å²) in [6.07, 6.45) is 0.711. The maximum Gasteiger partial charge on any atom is 0.212 e. The Balaban J connectivity index is 2.42.